The number of carbonyl (C=O) groups excluding carboxylic acids is 1. The van der Waals surface area contributed by atoms with Crippen molar-refractivity contribution in [3.63, 3.8) is 0 Å². The summed E-state index contributed by atoms with van der Waals surface area (Å²) in [5, 5.41) is 3.98. The van der Waals surface area contributed by atoms with Crippen LogP contribution in [-0.4, -0.2) is 32.8 Å². The summed E-state index contributed by atoms with van der Waals surface area (Å²) in [7, 11) is 4.65. The Morgan fingerprint density at radius 3 is 1.74 bits per heavy atom. The van der Waals surface area contributed by atoms with Crippen LogP contribution in [0.4, 0.5) is 0 Å². The highest BCUT2D eigenvalue weighted by atomic mass is 16.6. The molecule has 0 heterocycles. The van der Waals surface area contributed by atoms with Crippen molar-refractivity contribution in [1.82, 2.24) is 0 Å². The molecule has 0 spiro atoms. The molecule has 0 aromatic heterocycles. The summed E-state index contributed by atoms with van der Waals surface area (Å²) < 4.78 is 10.2. The second-order valence-corrected chi connectivity index (χ2v) is 4.78. The van der Waals surface area contributed by atoms with Crippen LogP contribution in [-0.2, 0) is 4.84 Å². The van der Waals surface area contributed by atoms with E-state index in [1.165, 1.54) is 7.11 Å². The fourth-order valence-electron chi connectivity index (χ4n) is 2.11. The number of ether oxygens (including phenoxy) is 2. The number of Topliss-reactive ketones (excluding diaryl/α,β-unsaturated/α-hetero) is 1. The van der Waals surface area contributed by atoms with Gasteiger partial charge in [-0.3, -0.25) is 4.79 Å². The molecule has 0 unspecified atom stereocenters. The first-order chi connectivity index (χ1) is 11.2. The molecule has 0 atom stereocenters. The van der Waals surface area contributed by atoms with E-state index in [4.69, 9.17) is 14.3 Å². The van der Waals surface area contributed by atoms with Gasteiger partial charge in [0.15, 0.2) is 5.78 Å². The number of methoxy groups -OCH3 is 2. The fraction of sp³-hybridized carbons (Fsp3) is 0.222. The maximum Gasteiger partial charge on any atom is 0.168 e. The Bertz CT molecular complexity index is 675. The van der Waals surface area contributed by atoms with Gasteiger partial charge in [0.05, 0.1) is 26.4 Å². The second-order valence-electron chi connectivity index (χ2n) is 4.78. The van der Waals surface area contributed by atoms with E-state index in [2.05, 4.69) is 5.16 Å². The third-order valence-corrected chi connectivity index (χ3v) is 3.36. The number of hydrogen-bond acceptors (Lipinski definition) is 5. The van der Waals surface area contributed by atoms with E-state index in [0.717, 1.165) is 11.3 Å². The van der Waals surface area contributed by atoms with Crippen LogP contribution in [0.2, 0.25) is 0 Å². The van der Waals surface area contributed by atoms with Gasteiger partial charge >= 0.3 is 0 Å². The van der Waals surface area contributed by atoms with Crippen LogP contribution in [0.25, 0.3) is 0 Å². The molecule has 0 radical (unpaired) electrons. The maximum absolute atomic E-state index is 12.4. The summed E-state index contributed by atoms with van der Waals surface area (Å²) in [4.78, 5) is 17.3. The van der Waals surface area contributed by atoms with E-state index >= 15 is 0 Å². The number of benzene rings is 2. The number of oxime groups is 1. The van der Waals surface area contributed by atoms with E-state index in [0.29, 0.717) is 17.0 Å². The molecule has 2 rings (SSSR count). The summed E-state index contributed by atoms with van der Waals surface area (Å²) in [5.41, 5.74) is 1.98. The predicted octanol–water partition coefficient (Wildman–Crippen LogP) is 3.33. The predicted molar refractivity (Wildman–Crippen MR) is 88.5 cm³/mol. The number of hydrogen-bond donors (Lipinski definition) is 0. The Morgan fingerprint density at radius 2 is 1.30 bits per heavy atom. The fourth-order valence-corrected chi connectivity index (χ4v) is 2.11. The minimum atomic E-state index is -0.0423. The zero-order chi connectivity index (χ0) is 16.7. The van der Waals surface area contributed by atoms with Crippen LogP contribution >= 0.6 is 0 Å². The van der Waals surface area contributed by atoms with Crippen LogP contribution < -0.4 is 9.47 Å². The SMILES string of the molecule is CO/N=C(\CC(=O)c1ccc(OC)cc1)c1ccc(OC)cc1. The Balaban J connectivity index is 2.17. The molecule has 0 N–H and O–H groups in total. The minimum Gasteiger partial charge on any atom is -0.497 e. The molecule has 0 aliphatic rings. The number of rotatable bonds is 7. The lowest BCUT2D eigenvalue weighted by molar-refractivity contribution is 0.0999. The summed E-state index contributed by atoms with van der Waals surface area (Å²) in [6.07, 6.45) is 0.145. The Kier molecular flexibility index (Phi) is 5.74. The van der Waals surface area contributed by atoms with Gasteiger partial charge in [0.1, 0.15) is 18.6 Å². The number of ketones is 1. The van der Waals surface area contributed by atoms with Gasteiger partial charge in [-0.05, 0) is 48.5 Å². The standard InChI is InChI=1S/C18H19NO4/c1-21-15-8-4-13(5-9-15)17(19-23-3)12-18(20)14-6-10-16(22-2)11-7-14/h4-11H,12H2,1-3H3/b19-17+. The van der Waals surface area contributed by atoms with Crippen molar-refractivity contribution in [2.45, 2.75) is 6.42 Å². The van der Waals surface area contributed by atoms with Crippen LogP contribution in [0.15, 0.2) is 53.7 Å². The lowest BCUT2D eigenvalue weighted by Gasteiger charge is -2.07. The first kappa shape index (κ1) is 16.5. The van der Waals surface area contributed by atoms with E-state index in [1.54, 1.807) is 38.5 Å². The number of nitrogens with zero attached hydrogens (tertiary/aromatic N) is 1. The molecule has 5 nitrogen and oxygen atoms in total. The topological polar surface area (TPSA) is 57.1 Å². The first-order valence-electron chi connectivity index (χ1n) is 7.09. The molecule has 0 saturated heterocycles. The highest BCUT2D eigenvalue weighted by Gasteiger charge is 2.13. The quantitative estimate of drug-likeness (QED) is 0.447. The van der Waals surface area contributed by atoms with Crippen molar-refractivity contribution in [1.29, 1.82) is 0 Å². The van der Waals surface area contributed by atoms with Gasteiger partial charge in [-0.25, -0.2) is 0 Å². The summed E-state index contributed by atoms with van der Waals surface area (Å²) in [6.45, 7) is 0. The third-order valence-electron chi connectivity index (χ3n) is 3.36. The Morgan fingerprint density at radius 1 is 0.826 bits per heavy atom. The lowest BCUT2D eigenvalue weighted by atomic mass is 10.0. The zero-order valence-electron chi connectivity index (χ0n) is 13.4. The van der Waals surface area contributed by atoms with Gasteiger partial charge in [0.2, 0.25) is 0 Å². The van der Waals surface area contributed by atoms with Crippen molar-refractivity contribution in [2.75, 3.05) is 21.3 Å². The average molecular weight is 313 g/mol. The molecule has 0 fully saturated rings. The molecule has 2 aromatic rings. The van der Waals surface area contributed by atoms with Crippen molar-refractivity contribution >= 4 is 11.5 Å². The summed E-state index contributed by atoms with van der Waals surface area (Å²) in [6, 6.07) is 14.3. The van der Waals surface area contributed by atoms with Crippen molar-refractivity contribution < 1.29 is 19.1 Å². The monoisotopic (exact) mass is 313 g/mol. The number of carbonyl (C=O) groups is 1. The molecule has 0 amide bonds. The minimum absolute atomic E-state index is 0.0423. The highest BCUT2D eigenvalue weighted by molar-refractivity contribution is 6.15. The molecule has 5 heteroatoms. The molecule has 0 saturated carbocycles. The molecule has 0 aliphatic carbocycles. The first-order valence-corrected chi connectivity index (χ1v) is 7.09. The summed E-state index contributed by atoms with van der Waals surface area (Å²) >= 11 is 0. The molecule has 0 aliphatic heterocycles. The van der Waals surface area contributed by atoms with Gasteiger partial charge in [-0.2, -0.15) is 0 Å². The Hall–Kier alpha value is -2.82. The largest absolute Gasteiger partial charge is 0.497 e. The lowest BCUT2D eigenvalue weighted by Crippen LogP contribution is -2.10. The van der Waals surface area contributed by atoms with Crippen LogP contribution in [0.3, 0.4) is 0 Å². The molecular formula is C18H19NO4. The van der Waals surface area contributed by atoms with Crippen LogP contribution in [0.5, 0.6) is 11.5 Å². The zero-order valence-corrected chi connectivity index (χ0v) is 13.4. The Labute approximate surface area is 135 Å². The third kappa shape index (κ3) is 4.32. The van der Waals surface area contributed by atoms with E-state index in [9.17, 15) is 4.79 Å². The molecular weight excluding hydrogens is 294 g/mol. The van der Waals surface area contributed by atoms with E-state index in [-0.39, 0.29) is 12.2 Å². The van der Waals surface area contributed by atoms with Gasteiger partial charge in [-0.15, -0.1) is 0 Å². The van der Waals surface area contributed by atoms with Crippen molar-refractivity contribution in [2.24, 2.45) is 5.16 Å². The maximum atomic E-state index is 12.4. The van der Waals surface area contributed by atoms with Gasteiger partial charge in [-0.1, -0.05) is 5.16 Å². The van der Waals surface area contributed by atoms with Crippen molar-refractivity contribution in [3.8, 4) is 11.5 Å². The molecule has 23 heavy (non-hydrogen) atoms. The average Bonchev–Trinajstić information content (AvgIpc) is 2.61. The van der Waals surface area contributed by atoms with Crippen LogP contribution in [0.1, 0.15) is 22.3 Å². The molecule has 120 valence electrons. The van der Waals surface area contributed by atoms with Gasteiger partial charge < -0.3 is 14.3 Å². The van der Waals surface area contributed by atoms with Gasteiger partial charge in [0.25, 0.3) is 0 Å². The summed E-state index contributed by atoms with van der Waals surface area (Å²) in [5.74, 6) is 1.41. The highest BCUT2D eigenvalue weighted by Crippen LogP contribution is 2.17. The van der Waals surface area contributed by atoms with E-state index < -0.39 is 0 Å². The normalized spacial score (nSPS) is 11.0. The molecule has 2 aromatic carbocycles. The smallest absolute Gasteiger partial charge is 0.168 e. The van der Waals surface area contributed by atoms with Crippen molar-refractivity contribution in [3.05, 3.63) is 59.7 Å². The molecule has 0 bridgehead atoms. The van der Waals surface area contributed by atoms with Gasteiger partial charge in [0, 0.05) is 11.1 Å². The van der Waals surface area contributed by atoms with Crippen LogP contribution in [0, 0.1) is 0 Å². The van der Waals surface area contributed by atoms with E-state index in [1.807, 2.05) is 24.3 Å². The second kappa shape index (κ2) is 7.98.